The Morgan fingerprint density at radius 2 is 2.06 bits per heavy atom. The van der Waals surface area contributed by atoms with Crippen LogP contribution in [0.5, 0.6) is 0 Å². The van der Waals surface area contributed by atoms with Crippen molar-refractivity contribution in [3.05, 3.63) is 24.0 Å². The quantitative estimate of drug-likeness (QED) is 0.595. The molecule has 0 radical (unpaired) electrons. The molecular formula is C9H11N3O4S. The molecule has 8 heteroatoms. The van der Waals surface area contributed by atoms with Gasteiger partial charge in [0, 0.05) is 6.20 Å². The summed E-state index contributed by atoms with van der Waals surface area (Å²) in [6.07, 6.45) is 1.03. The van der Waals surface area contributed by atoms with Crippen molar-refractivity contribution in [2.45, 2.75) is 10.9 Å². The number of aliphatic hydroxyl groups is 2. The van der Waals surface area contributed by atoms with Gasteiger partial charge in [-0.3, -0.25) is 0 Å². The van der Waals surface area contributed by atoms with Crippen LogP contribution in [-0.4, -0.2) is 42.9 Å². The molecule has 0 fully saturated rings. The summed E-state index contributed by atoms with van der Waals surface area (Å²) in [5.41, 5.74) is 0.102. The van der Waals surface area contributed by atoms with E-state index in [0.29, 0.717) is 0 Å². The summed E-state index contributed by atoms with van der Waals surface area (Å²) in [7, 11) is -3.85. The highest BCUT2D eigenvalue weighted by Crippen LogP contribution is 2.08. The van der Waals surface area contributed by atoms with Gasteiger partial charge in [-0.1, -0.05) is 0 Å². The lowest BCUT2D eigenvalue weighted by molar-refractivity contribution is 0.185. The summed E-state index contributed by atoms with van der Waals surface area (Å²) in [5.74, 6) is 0. The fraction of sp³-hybridized carbons (Fsp3) is 0.333. The van der Waals surface area contributed by atoms with Crippen LogP contribution >= 0.6 is 0 Å². The Kier molecular flexibility index (Phi) is 4.53. The van der Waals surface area contributed by atoms with Crippen molar-refractivity contribution in [1.82, 2.24) is 9.71 Å². The Balaban J connectivity index is 2.93. The van der Waals surface area contributed by atoms with Crippen LogP contribution in [0.1, 0.15) is 5.69 Å². The van der Waals surface area contributed by atoms with E-state index in [1.807, 2.05) is 0 Å². The maximum atomic E-state index is 11.7. The Hall–Kier alpha value is -1.53. The molecule has 3 N–H and O–H groups in total. The number of aliphatic hydroxyl groups excluding tert-OH is 2. The van der Waals surface area contributed by atoms with Gasteiger partial charge in [-0.25, -0.2) is 18.1 Å². The molecule has 1 heterocycles. The number of nitriles is 1. The van der Waals surface area contributed by atoms with Gasteiger partial charge in [0.15, 0.2) is 0 Å². The van der Waals surface area contributed by atoms with Crippen LogP contribution < -0.4 is 4.72 Å². The summed E-state index contributed by atoms with van der Waals surface area (Å²) in [5, 5.41) is 26.1. The Morgan fingerprint density at radius 1 is 1.41 bits per heavy atom. The first-order valence-corrected chi connectivity index (χ1v) is 6.12. The molecule has 0 atom stereocenters. The normalized spacial score (nSPS) is 11.4. The van der Waals surface area contributed by atoms with Crippen molar-refractivity contribution >= 4 is 10.0 Å². The molecule has 0 aliphatic carbocycles. The van der Waals surface area contributed by atoms with Crippen molar-refractivity contribution in [1.29, 1.82) is 5.26 Å². The van der Waals surface area contributed by atoms with E-state index in [9.17, 15) is 8.42 Å². The lowest BCUT2D eigenvalue weighted by Gasteiger charge is -2.13. The molecule has 0 aliphatic rings. The molecule has 17 heavy (non-hydrogen) atoms. The topological polar surface area (TPSA) is 123 Å². The fourth-order valence-electron chi connectivity index (χ4n) is 1.03. The zero-order valence-corrected chi connectivity index (χ0v) is 9.55. The molecule has 0 aromatic carbocycles. The van der Waals surface area contributed by atoms with E-state index in [2.05, 4.69) is 9.71 Å². The Morgan fingerprint density at radius 3 is 2.47 bits per heavy atom. The highest BCUT2D eigenvalue weighted by Gasteiger charge is 2.19. The Labute approximate surface area is 98.4 Å². The van der Waals surface area contributed by atoms with E-state index in [0.717, 1.165) is 6.20 Å². The first kappa shape index (κ1) is 13.5. The standard InChI is InChI=1S/C9H11N3O4S/c10-3-7-1-2-9(4-11-7)17(15,16)12-8(5-13)6-14/h1-2,4,8,12-14H,5-6H2. The number of hydrogen-bond donors (Lipinski definition) is 3. The average molecular weight is 257 g/mol. The summed E-state index contributed by atoms with van der Waals surface area (Å²) in [4.78, 5) is 3.48. The molecule has 7 nitrogen and oxygen atoms in total. The number of nitrogens with zero attached hydrogens (tertiary/aromatic N) is 2. The Bertz CT molecular complexity index is 502. The van der Waals surface area contributed by atoms with Gasteiger partial charge in [0.05, 0.1) is 19.3 Å². The summed E-state index contributed by atoms with van der Waals surface area (Å²) in [6.45, 7) is -1.03. The van der Waals surface area contributed by atoms with Crippen molar-refractivity contribution in [2.75, 3.05) is 13.2 Å². The molecule has 1 aromatic rings. The zero-order chi connectivity index (χ0) is 12.9. The van der Waals surface area contributed by atoms with Crippen molar-refractivity contribution in [3.8, 4) is 6.07 Å². The molecule has 1 aromatic heterocycles. The van der Waals surface area contributed by atoms with Gasteiger partial charge in [-0.2, -0.15) is 5.26 Å². The van der Waals surface area contributed by atoms with Crippen LogP contribution in [0.4, 0.5) is 0 Å². The average Bonchev–Trinajstić information content (AvgIpc) is 2.36. The van der Waals surface area contributed by atoms with Gasteiger partial charge in [-0.05, 0) is 12.1 Å². The maximum Gasteiger partial charge on any atom is 0.242 e. The first-order chi connectivity index (χ1) is 8.03. The van der Waals surface area contributed by atoms with E-state index in [1.165, 1.54) is 12.1 Å². The molecule has 0 amide bonds. The van der Waals surface area contributed by atoms with Gasteiger partial charge >= 0.3 is 0 Å². The highest BCUT2D eigenvalue weighted by atomic mass is 32.2. The lowest BCUT2D eigenvalue weighted by Crippen LogP contribution is -2.40. The molecule has 92 valence electrons. The van der Waals surface area contributed by atoms with Crippen molar-refractivity contribution < 1.29 is 18.6 Å². The van der Waals surface area contributed by atoms with Gasteiger partial charge in [-0.15, -0.1) is 0 Å². The first-order valence-electron chi connectivity index (χ1n) is 4.63. The van der Waals surface area contributed by atoms with Crippen LogP contribution in [-0.2, 0) is 10.0 Å². The maximum absolute atomic E-state index is 11.7. The number of nitrogens with one attached hydrogen (secondary N) is 1. The minimum Gasteiger partial charge on any atom is -0.395 e. The number of rotatable bonds is 5. The van der Waals surface area contributed by atoms with Crippen molar-refractivity contribution in [3.63, 3.8) is 0 Å². The molecule has 1 rings (SSSR count). The van der Waals surface area contributed by atoms with E-state index < -0.39 is 29.3 Å². The van der Waals surface area contributed by atoms with Crippen molar-refractivity contribution in [2.24, 2.45) is 0 Å². The molecule has 0 saturated carbocycles. The molecule has 0 unspecified atom stereocenters. The van der Waals surface area contributed by atoms with Crippen LogP contribution in [0, 0.1) is 11.3 Å². The third-order valence-corrected chi connectivity index (χ3v) is 3.43. The summed E-state index contributed by atoms with van der Waals surface area (Å²) >= 11 is 0. The van der Waals surface area contributed by atoms with Crippen LogP contribution in [0.25, 0.3) is 0 Å². The predicted molar refractivity (Wildman–Crippen MR) is 57.2 cm³/mol. The van der Waals surface area contributed by atoms with Gasteiger partial charge in [0.25, 0.3) is 0 Å². The lowest BCUT2D eigenvalue weighted by atomic mass is 10.4. The van der Waals surface area contributed by atoms with Crippen LogP contribution in [0.2, 0.25) is 0 Å². The largest absolute Gasteiger partial charge is 0.395 e. The zero-order valence-electron chi connectivity index (χ0n) is 8.74. The number of hydrogen-bond acceptors (Lipinski definition) is 6. The second-order valence-corrected chi connectivity index (χ2v) is 4.89. The van der Waals surface area contributed by atoms with Crippen LogP contribution in [0.3, 0.4) is 0 Å². The van der Waals surface area contributed by atoms with Crippen LogP contribution in [0.15, 0.2) is 23.2 Å². The fourth-order valence-corrected chi connectivity index (χ4v) is 2.19. The number of aromatic nitrogens is 1. The monoisotopic (exact) mass is 257 g/mol. The minimum atomic E-state index is -3.85. The smallest absolute Gasteiger partial charge is 0.242 e. The third-order valence-electron chi connectivity index (χ3n) is 1.92. The van der Waals surface area contributed by atoms with E-state index >= 15 is 0 Å². The third kappa shape index (κ3) is 3.47. The highest BCUT2D eigenvalue weighted by molar-refractivity contribution is 7.89. The molecule has 0 aliphatic heterocycles. The van der Waals surface area contributed by atoms with E-state index in [1.54, 1.807) is 6.07 Å². The molecule has 0 bridgehead atoms. The number of pyridine rings is 1. The molecule has 0 saturated heterocycles. The molecule has 0 spiro atoms. The predicted octanol–water partition coefficient (Wildman–Crippen LogP) is -1.42. The van der Waals surface area contributed by atoms with E-state index in [-0.39, 0.29) is 10.6 Å². The SMILES string of the molecule is N#Cc1ccc(S(=O)(=O)NC(CO)CO)cn1. The molecular weight excluding hydrogens is 246 g/mol. The second kappa shape index (κ2) is 5.70. The van der Waals surface area contributed by atoms with Gasteiger partial charge < -0.3 is 10.2 Å². The summed E-state index contributed by atoms with van der Waals surface area (Å²) < 4.78 is 25.5. The number of sulfonamides is 1. The van der Waals surface area contributed by atoms with E-state index in [4.69, 9.17) is 15.5 Å². The summed E-state index contributed by atoms with van der Waals surface area (Å²) in [6, 6.07) is 3.29. The van der Waals surface area contributed by atoms with Gasteiger partial charge in [0.2, 0.25) is 10.0 Å². The second-order valence-electron chi connectivity index (χ2n) is 3.17. The van der Waals surface area contributed by atoms with Gasteiger partial charge in [0.1, 0.15) is 16.7 Å². The minimum absolute atomic E-state index is 0.102.